The molecule has 1 atom stereocenters. The third kappa shape index (κ3) is 4.07. The van der Waals surface area contributed by atoms with E-state index in [0.717, 1.165) is 24.6 Å². The second-order valence-corrected chi connectivity index (χ2v) is 5.23. The van der Waals surface area contributed by atoms with Crippen LogP contribution >= 0.6 is 11.8 Å². The predicted octanol–water partition coefficient (Wildman–Crippen LogP) is 0.139. The second-order valence-electron chi connectivity index (χ2n) is 4.29. The van der Waals surface area contributed by atoms with Gasteiger partial charge < -0.3 is 10.4 Å². The number of carbonyl (C=O) groups is 1. The van der Waals surface area contributed by atoms with Crippen molar-refractivity contribution in [1.29, 1.82) is 0 Å². The largest absolute Gasteiger partial charge is 0.416 e. The lowest BCUT2D eigenvalue weighted by molar-refractivity contribution is -0.201. The zero-order chi connectivity index (χ0) is 14.8. The Morgan fingerprint density at radius 3 is 2.85 bits per heavy atom. The first kappa shape index (κ1) is 15.0. The molecule has 11 heteroatoms. The maximum atomic E-state index is 12.0. The molecule has 1 amide bonds. The topological polar surface area (TPSA) is 92.9 Å². The molecule has 7 nitrogen and oxygen atoms in total. The lowest BCUT2D eigenvalue weighted by Gasteiger charge is -2.14. The number of hydrogen-bond acceptors (Lipinski definition) is 6. The van der Waals surface area contributed by atoms with Gasteiger partial charge in [-0.15, -0.1) is 5.10 Å². The summed E-state index contributed by atoms with van der Waals surface area (Å²) < 4.78 is 37.7. The third-order valence-electron chi connectivity index (χ3n) is 2.56. The number of aliphatic hydroxyl groups is 1. The lowest BCUT2D eigenvalue weighted by Crippen LogP contribution is -2.41. The van der Waals surface area contributed by atoms with Gasteiger partial charge in [0, 0.05) is 0 Å². The van der Waals surface area contributed by atoms with Gasteiger partial charge in [0.1, 0.15) is 0 Å². The van der Waals surface area contributed by atoms with Crippen molar-refractivity contribution in [3.8, 4) is 0 Å². The Hall–Kier alpha value is -1.36. The molecule has 1 unspecified atom stereocenters. The van der Waals surface area contributed by atoms with Crippen LogP contribution in [0, 0.1) is 0 Å². The lowest BCUT2D eigenvalue weighted by atomic mass is 10.3. The van der Waals surface area contributed by atoms with Crippen LogP contribution in [0.1, 0.15) is 18.9 Å². The number of alkyl halides is 3. The Morgan fingerprint density at radius 2 is 2.25 bits per heavy atom. The van der Waals surface area contributed by atoms with E-state index in [0.29, 0.717) is 5.16 Å². The number of nitrogens with zero attached hydrogens (tertiary/aromatic N) is 4. The number of rotatable bonds is 6. The molecule has 0 aliphatic heterocycles. The van der Waals surface area contributed by atoms with E-state index < -0.39 is 24.7 Å². The normalized spacial score (nSPS) is 17.0. The van der Waals surface area contributed by atoms with E-state index in [2.05, 4.69) is 15.5 Å². The molecule has 0 radical (unpaired) electrons. The van der Waals surface area contributed by atoms with Crippen molar-refractivity contribution in [3.05, 3.63) is 0 Å². The van der Waals surface area contributed by atoms with E-state index in [4.69, 9.17) is 5.11 Å². The van der Waals surface area contributed by atoms with Crippen LogP contribution in [0.25, 0.3) is 0 Å². The molecule has 0 saturated heterocycles. The van der Waals surface area contributed by atoms with Crippen LogP contribution in [-0.4, -0.2) is 55.8 Å². The second kappa shape index (κ2) is 5.95. The monoisotopic (exact) mass is 311 g/mol. The highest BCUT2D eigenvalue weighted by molar-refractivity contribution is 7.99. The SMILES string of the molecule is O=C(CSc1nnnn1C1CC1)NCC(O)C(F)(F)F. The van der Waals surface area contributed by atoms with Gasteiger partial charge in [0.15, 0.2) is 6.10 Å². The molecule has 0 bridgehead atoms. The third-order valence-corrected chi connectivity index (χ3v) is 3.49. The Kier molecular flexibility index (Phi) is 4.48. The molecule has 1 aliphatic rings. The predicted molar refractivity (Wildman–Crippen MR) is 61.9 cm³/mol. The van der Waals surface area contributed by atoms with E-state index in [1.54, 1.807) is 4.68 Å². The van der Waals surface area contributed by atoms with Crippen molar-refractivity contribution >= 4 is 17.7 Å². The Labute approximate surface area is 115 Å². The fraction of sp³-hybridized carbons (Fsp3) is 0.778. The maximum Gasteiger partial charge on any atom is 0.416 e. The van der Waals surface area contributed by atoms with Crippen molar-refractivity contribution in [1.82, 2.24) is 25.5 Å². The molecule has 2 rings (SSSR count). The number of amides is 1. The van der Waals surface area contributed by atoms with Crippen LogP contribution < -0.4 is 5.32 Å². The van der Waals surface area contributed by atoms with Gasteiger partial charge in [-0.2, -0.15) is 13.2 Å². The first-order valence-electron chi connectivity index (χ1n) is 5.80. The fourth-order valence-corrected chi connectivity index (χ4v) is 2.11. The number of nitrogens with one attached hydrogen (secondary N) is 1. The summed E-state index contributed by atoms with van der Waals surface area (Å²) in [7, 11) is 0. The highest BCUT2D eigenvalue weighted by atomic mass is 32.2. The molecule has 1 aromatic heterocycles. The molecule has 1 aliphatic carbocycles. The molecule has 0 spiro atoms. The van der Waals surface area contributed by atoms with E-state index in [1.165, 1.54) is 0 Å². The van der Waals surface area contributed by atoms with Crippen LogP contribution in [0.4, 0.5) is 13.2 Å². The van der Waals surface area contributed by atoms with Gasteiger partial charge in [-0.05, 0) is 23.3 Å². The van der Waals surface area contributed by atoms with Crippen LogP contribution in [0.5, 0.6) is 0 Å². The zero-order valence-corrected chi connectivity index (χ0v) is 11.0. The molecule has 1 fully saturated rings. The van der Waals surface area contributed by atoms with Crippen molar-refractivity contribution in [2.24, 2.45) is 0 Å². The van der Waals surface area contributed by atoms with Gasteiger partial charge in [-0.3, -0.25) is 4.79 Å². The summed E-state index contributed by atoms with van der Waals surface area (Å²) in [6, 6.07) is 0.252. The molecule has 0 aromatic carbocycles. The van der Waals surface area contributed by atoms with Crippen LogP contribution in [-0.2, 0) is 4.79 Å². The van der Waals surface area contributed by atoms with Crippen molar-refractivity contribution in [3.63, 3.8) is 0 Å². The smallest absolute Gasteiger partial charge is 0.382 e. The molecule has 2 N–H and O–H groups in total. The highest BCUT2D eigenvalue weighted by Crippen LogP contribution is 2.36. The number of carbonyl (C=O) groups excluding carboxylic acids is 1. The summed E-state index contributed by atoms with van der Waals surface area (Å²) in [6.07, 6.45) is -5.35. The number of aromatic nitrogens is 4. The van der Waals surface area contributed by atoms with E-state index in [-0.39, 0.29) is 11.8 Å². The molecule has 1 saturated carbocycles. The average Bonchev–Trinajstić information content (AvgIpc) is 3.11. The Balaban J connectivity index is 1.73. The number of hydrogen-bond donors (Lipinski definition) is 2. The van der Waals surface area contributed by atoms with E-state index in [9.17, 15) is 18.0 Å². The summed E-state index contributed by atoms with van der Waals surface area (Å²) in [4.78, 5) is 11.4. The van der Waals surface area contributed by atoms with E-state index >= 15 is 0 Å². The summed E-state index contributed by atoms with van der Waals surface area (Å²) >= 11 is 1.04. The standard InChI is InChI=1S/C9H12F3N5O2S/c10-9(11,12)6(18)3-13-7(19)4-20-8-14-15-16-17(8)5-1-2-5/h5-6,18H,1-4H2,(H,13,19). The van der Waals surface area contributed by atoms with Gasteiger partial charge in [0.05, 0.1) is 18.3 Å². The summed E-state index contributed by atoms with van der Waals surface area (Å²) in [5, 5.41) is 22.2. The van der Waals surface area contributed by atoms with Crippen molar-refractivity contribution < 1.29 is 23.1 Å². The minimum absolute atomic E-state index is 0.113. The maximum absolute atomic E-state index is 12.0. The minimum atomic E-state index is -4.74. The highest BCUT2D eigenvalue weighted by Gasteiger charge is 2.38. The Morgan fingerprint density at radius 1 is 1.55 bits per heavy atom. The van der Waals surface area contributed by atoms with Gasteiger partial charge in [-0.1, -0.05) is 11.8 Å². The van der Waals surface area contributed by atoms with Crippen LogP contribution in [0.15, 0.2) is 5.16 Å². The summed E-state index contributed by atoms with van der Waals surface area (Å²) in [6.45, 7) is -0.865. The zero-order valence-electron chi connectivity index (χ0n) is 10.2. The number of tetrazole rings is 1. The van der Waals surface area contributed by atoms with E-state index in [1.807, 2.05) is 5.32 Å². The average molecular weight is 311 g/mol. The molecular formula is C9H12F3N5O2S. The summed E-state index contributed by atoms with van der Waals surface area (Å²) in [5.41, 5.74) is 0. The Bertz CT molecular complexity index is 476. The van der Waals surface area contributed by atoms with Crippen molar-refractivity contribution in [2.45, 2.75) is 36.3 Å². The number of thioether (sulfide) groups is 1. The quantitative estimate of drug-likeness (QED) is 0.726. The molecule has 1 heterocycles. The van der Waals surface area contributed by atoms with Crippen LogP contribution in [0.2, 0.25) is 0 Å². The molecular weight excluding hydrogens is 299 g/mol. The summed E-state index contributed by atoms with van der Waals surface area (Å²) in [5.74, 6) is -0.735. The molecule has 112 valence electrons. The van der Waals surface area contributed by atoms with Crippen LogP contribution in [0.3, 0.4) is 0 Å². The molecule has 20 heavy (non-hydrogen) atoms. The van der Waals surface area contributed by atoms with Gasteiger partial charge in [0.2, 0.25) is 11.1 Å². The van der Waals surface area contributed by atoms with Gasteiger partial charge >= 0.3 is 6.18 Å². The molecule has 1 aromatic rings. The van der Waals surface area contributed by atoms with Gasteiger partial charge in [0.25, 0.3) is 0 Å². The first-order valence-corrected chi connectivity index (χ1v) is 6.78. The first-order chi connectivity index (χ1) is 9.38. The van der Waals surface area contributed by atoms with Gasteiger partial charge in [-0.25, -0.2) is 4.68 Å². The number of halogens is 3. The number of aliphatic hydroxyl groups excluding tert-OH is 1. The fourth-order valence-electron chi connectivity index (χ4n) is 1.34. The van der Waals surface area contributed by atoms with Crippen molar-refractivity contribution in [2.75, 3.05) is 12.3 Å². The minimum Gasteiger partial charge on any atom is -0.382 e.